The zero-order valence-corrected chi connectivity index (χ0v) is 21.9. The van der Waals surface area contributed by atoms with E-state index in [9.17, 15) is 14.0 Å². The van der Waals surface area contributed by atoms with Crippen molar-refractivity contribution < 1.29 is 9.18 Å². The molecule has 1 amide bonds. The molecule has 4 heterocycles. The predicted molar refractivity (Wildman–Crippen MR) is 141 cm³/mol. The van der Waals surface area contributed by atoms with Crippen LogP contribution >= 0.6 is 22.9 Å². The minimum atomic E-state index is -0.542. The highest BCUT2D eigenvalue weighted by Gasteiger charge is 2.54. The predicted octanol–water partition coefficient (Wildman–Crippen LogP) is 4.00. The van der Waals surface area contributed by atoms with E-state index in [0.717, 1.165) is 17.7 Å². The van der Waals surface area contributed by atoms with Gasteiger partial charge in [-0.2, -0.15) is 0 Å². The molecule has 0 radical (unpaired) electrons. The number of thiazole rings is 1. The second-order valence-electron chi connectivity index (χ2n) is 9.62. The molecule has 1 saturated carbocycles. The molecule has 1 aromatic carbocycles. The Morgan fingerprint density at radius 2 is 1.89 bits per heavy atom. The number of aromatic nitrogens is 4. The van der Waals surface area contributed by atoms with E-state index in [2.05, 4.69) is 9.97 Å². The van der Waals surface area contributed by atoms with Crippen LogP contribution in [-0.2, 0) is 10.2 Å². The summed E-state index contributed by atoms with van der Waals surface area (Å²) >= 11 is 7.51. The van der Waals surface area contributed by atoms with E-state index in [-0.39, 0.29) is 33.4 Å². The summed E-state index contributed by atoms with van der Waals surface area (Å²) in [7, 11) is 0. The number of halogens is 2. The number of benzene rings is 1. The van der Waals surface area contributed by atoms with Gasteiger partial charge in [0.05, 0.1) is 17.1 Å². The Balaban J connectivity index is 1.35. The molecule has 4 aromatic rings. The molecule has 1 aliphatic heterocycles. The molecule has 0 atom stereocenters. The zero-order chi connectivity index (χ0) is 25.9. The third-order valence-corrected chi connectivity index (χ3v) is 8.62. The van der Waals surface area contributed by atoms with Gasteiger partial charge in [0.1, 0.15) is 17.3 Å². The number of carbonyl (C=O) groups excluding carboxylic acids is 1. The monoisotopic (exact) mass is 538 g/mol. The van der Waals surface area contributed by atoms with Crippen LogP contribution in [0.1, 0.15) is 29.0 Å². The maximum absolute atomic E-state index is 15.0. The number of carbonyl (C=O) groups is 1. The van der Waals surface area contributed by atoms with Crippen LogP contribution in [0.15, 0.2) is 40.9 Å². The molecule has 3 aromatic heterocycles. The van der Waals surface area contributed by atoms with Crippen molar-refractivity contribution in [3.05, 3.63) is 73.4 Å². The van der Waals surface area contributed by atoms with Crippen LogP contribution in [0, 0.1) is 19.7 Å². The summed E-state index contributed by atoms with van der Waals surface area (Å²) in [5, 5.41) is 0.270. The van der Waals surface area contributed by atoms with Crippen molar-refractivity contribution >= 4 is 40.3 Å². The first-order chi connectivity index (χ1) is 17.8. The van der Waals surface area contributed by atoms with Crippen molar-refractivity contribution in [1.29, 1.82) is 0 Å². The number of anilines is 1. The van der Waals surface area contributed by atoms with Gasteiger partial charge in [-0.05, 0) is 44.9 Å². The fourth-order valence-electron chi connectivity index (χ4n) is 4.92. The van der Waals surface area contributed by atoms with Gasteiger partial charge in [0.2, 0.25) is 5.91 Å². The number of fused-ring (bicyclic) bond motifs is 1. The lowest BCUT2D eigenvalue weighted by Gasteiger charge is -2.37. The highest BCUT2D eigenvalue weighted by atomic mass is 35.5. The van der Waals surface area contributed by atoms with Crippen LogP contribution in [-0.4, -0.2) is 56.3 Å². The second-order valence-corrected chi connectivity index (χ2v) is 10.9. The maximum Gasteiger partial charge on any atom is 0.261 e. The van der Waals surface area contributed by atoms with Crippen LogP contribution in [0.2, 0.25) is 5.02 Å². The Labute approximate surface area is 221 Å². The van der Waals surface area contributed by atoms with Gasteiger partial charge in [-0.3, -0.25) is 19.0 Å². The zero-order valence-electron chi connectivity index (χ0n) is 20.4. The van der Waals surface area contributed by atoms with Gasteiger partial charge in [-0.15, -0.1) is 11.3 Å². The summed E-state index contributed by atoms with van der Waals surface area (Å²) in [6.07, 6.45) is 5.17. The van der Waals surface area contributed by atoms with E-state index in [1.54, 1.807) is 43.9 Å². The molecule has 2 fully saturated rings. The van der Waals surface area contributed by atoms with E-state index in [4.69, 9.17) is 16.6 Å². The average molecular weight is 539 g/mol. The number of hydrogen-bond donors (Lipinski definition) is 0. The molecule has 190 valence electrons. The van der Waals surface area contributed by atoms with Gasteiger partial charge < -0.3 is 9.80 Å². The molecule has 0 bridgehead atoms. The summed E-state index contributed by atoms with van der Waals surface area (Å²) in [6, 6.07) is 4.36. The van der Waals surface area contributed by atoms with Gasteiger partial charge >= 0.3 is 0 Å². The first kappa shape index (κ1) is 24.0. The molecule has 2 aliphatic rings. The smallest absolute Gasteiger partial charge is 0.261 e. The molecule has 6 rings (SSSR count). The quantitative estimate of drug-likeness (QED) is 0.390. The minimum Gasteiger partial charge on any atom is -0.352 e. The highest BCUT2D eigenvalue weighted by molar-refractivity contribution is 7.10. The Morgan fingerprint density at radius 1 is 1.14 bits per heavy atom. The third-order valence-electron chi connectivity index (χ3n) is 7.41. The molecule has 1 saturated heterocycles. The minimum absolute atomic E-state index is 0.151. The highest BCUT2D eigenvalue weighted by Crippen LogP contribution is 2.51. The fraction of sp³-hybridized carbons (Fsp3) is 0.346. The van der Waals surface area contributed by atoms with Crippen LogP contribution in [0.3, 0.4) is 0 Å². The van der Waals surface area contributed by atoms with E-state index < -0.39 is 11.2 Å². The van der Waals surface area contributed by atoms with Gasteiger partial charge in [0.25, 0.3) is 5.56 Å². The number of aryl methyl sites for hydroxylation is 1. The largest absolute Gasteiger partial charge is 0.352 e. The number of amides is 1. The summed E-state index contributed by atoms with van der Waals surface area (Å²) in [6.45, 7) is 5.62. The van der Waals surface area contributed by atoms with Crippen molar-refractivity contribution in [3.63, 3.8) is 0 Å². The van der Waals surface area contributed by atoms with Crippen LogP contribution in [0.5, 0.6) is 0 Å². The van der Waals surface area contributed by atoms with Crippen molar-refractivity contribution in [2.24, 2.45) is 0 Å². The molecule has 0 unspecified atom stereocenters. The van der Waals surface area contributed by atoms with Crippen molar-refractivity contribution in [2.45, 2.75) is 32.1 Å². The molecular formula is C26H24ClFN6O2S. The molecule has 11 heteroatoms. The third kappa shape index (κ3) is 3.99. The van der Waals surface area contributed by atoms with E-state index in [1.165, 1.54) is 21.8 Å². The second kappa shape index (κ2) is 8.88. The number of piperazine rings is 1. The van der Waals surface area contributed by atoms with Crippen molar-refractivity contribution in [3.8, 4) is 11.3 Å². The number of nitrogens with zero attached hydrogens (tertiary/aromatic N) is 6. The van der Waals surface area contributed by atoms with E-state index in [0.29, 0.717) is 43.3 Å². The average Bonchev–Trinajstić information content (AvgIpc) is 3.52. The van der Waals surface area contributed by atoms with Crippen LogP contribution in [0.25, 0.3) is 16.9 Å². The van der Waals surface area contributed by atoms with E-state index in [1.807, 2.05) is 9.80 Å². The Morgan fingerprint density at radius 3 is 2.54 bits per heavy atom. The van der Waals surface area contributed by atoms with Crippen molar-refractivity contribution in [1.82, 2.24) is 24.3 Å². The Bertz CT molecular complexity index is 1590. The van der Waals surface area contributed by atoms with Gasteiger partial charge in [0.15, 0.2) is 5.65 Å². The summed E-state index contributed by atoms with van der Waals surface area (Å²) < 4.78 is 16.4. The molecule has 0 N–H and O–H groups in total. The Kier molecular flexibility index (Phi) is 5.76. The fourth-order valence-corrected chi connectivity index (χ4v) is 5.96. The number of hydrogen-bond acceptors (Lipinski definition) is 7. The maximum atomic E-state index is 15.0. The molecule has 0 spiro atoms. The molecule has 37 heavy (non-hydrogen) atoms. The lowest BCUT2D eigenvalue weighted by molar-refractivity contribution is -0.134. The molecule has 8 nitrogen and oxygen atoms in total. The van der Waals surface area contributed by atoms with Crippen LogP contribution in [0.4, 0.5) is 10.2 Å². The topological polar surface area (TPSA) is 83.7 Å². The SMILES string of the molecule is Cc1nc2c(-c3ccc(Cl)cc3F)nc(N3CCN(C(=O)C4(c5cncs5)CC4)CC3)cn2c(=O)c1C. The first-order valence-corrected chi connectivity index (χ1v) is 13.3. The summed E-state index contributed by atoms with van der Waals surface area (Å²) in [4.78, 5) is 45.0. The number of rotatable bonds is 4. The van der Waals surface area contributed by atoms with E-state index >= 15 is 0 Å². The lowest BCUT2D eigenvalue weighted by atomic mass is 10.0. The van der Waals surface area contributed by atoms with Gasteiger partial charge in [0, 0.05) is 59.1 Å². The van der Waals surface area contributed by atoms with Crippen molar-refractivity contribution in [2.75, 3.05) is 31.1 Å². The van der Waals surface area contributed by atoms with Crippen LogP contribution < -0.4 is 10.5 Å². The van der Waals surface area contributed by atoms with Gasteiger partial charge in [-0.25, -0.2) is 14.4 Å². The normalized spacial score (nSPS) is 16.9. The Hall–Kier alpha value is -3.37. The molecular weight excluding hydrogens is 515 g/mol. The van der Waals surface area contributed by atoms with Gasteiger partial charge in [-0.1, -0.05) is 11.6 Å². The first-order valence-electron chi connectivity index (χ1n) is 12.1. The summed E-state index contributed by atoms with van der Waals surface area (Å²) in [5.41, 5.74) is 2.98. The lowest BCUT2D eigenvalue weighted by Crippen LogP contribution is -2.51. The standard InChI is InChI=1S/C26H24ClFN6O2S/c1-15-16(2)30-23-22(18-4-3-17(27)11-19(18)28)31-21(13-34(23)24(15)35)32-7-9-33(10-8-32)25(36)26(5-6-26)20-12-29-14-37-20/h3-4,11-14H,5-10H2,1-2H3. The molecule has 1 aliphatic carbocycles. The summed E-state index contributed by atoms with van der Waals surface area (Å²) in [5.74, 6) is 0.137.